The van der Waals surface area contributed by atoms with Gasteiger partial charge in [-0.25, -0.2) is 4.98 Å². The molecule has 0 saturated carbocycles. The summed E-state index contributed by atoms with van der Waals surface area (Å²) in [7, 11) is 1.73. The Morgan fingerprint density at radius 2 is 2.14 bits per heavy atom. The van der Waals surface area contributed by atoms with Gasteiger partial charge in [0.15, 0.2) is 0 Å². The van der Waals surface area contributed by atoms with Crippen LogP contribution >= 0.6 is 15.9 Å². The van der Waals surface area contributed by atoms with Gasteiger partial charge in [0, 0.05) is 23.9 Å². The van der Waals surface area contributed by atoms with Crippen molar-refractivity contribution in [3.63, 3.8) is 0 Å². The first-order chi connectivity index (χ1) is 9.79. The van der Waals surface area contributed by atoms with Gasteiger partial charge in [0.1, 0.15) is 5.82 Å². The van der Waals surface area contributed by atoms with Gasteiger partial charge >= 0.3 is 6.18 Å². The van der Waals surface area contributed by atoms with Crippen LogP contribution in [0.15, 0.2) is 35.1 Å². The summed E-state index contributed by atoms with van der Waals surface area (Å²) in [6.45, 7) is 0.0513. The molecule has 21 heavy (non-hydrogen) atoms. The largest absolute Gasteiger partial charge is 0.417 e. The summed E-state index contributed by atoms with van der Waals surface area (Å²) in [6.07, 6.45) is -1.37. The Bertz CT molecular complexity index is 667. The van der Waals surface area contributed by atoms with E-state index in [0.29, 0.717) is 5.82 Å². The monoisotopic (exact) mass is 361 g/mol. The molecule has 1 aromatic heterocycles. The summed E-state index contributed by atoms with van der Waals surface area (Å²) in [5.41, 5.74) is -1.39. The molecule has 2 rings (SSSR count). The van der Waals surface area contributed by atoms with Crippen LogP contribution < -0.4 is 5.32 Å². The maximum absolute atomic E-state index is 12.9. The van der Waals surface area contributed by atoms with E-state index in [0.717, 1.165) is 12.1 Å². The van der Waals surface area contributed by atoms with E-state index >= 15 is 0 Å². The van der Waals surface area contributed by atoms with E-state index in [-0.39, 0.29) is 11.0 Å². The molecule has 2 aromatic rings. The third-order valence-electron chi connectivity index (χ3n) is 2.86. The van der Waals surface area contributed by atoms with Crippen LogP contribution in [0.4, 0.5) is 13.2 Å². The second-order valence-electron chi connectivity index (χ2n) is 4.32. The molecule has 8 heteroatoms. The number of aryl methyl sites for hydroxylation is 1. The second kappa shape index (κ2) is 5.88. The molecule has 1 heterocycles. The number of halogens is 4. The van der Waals surface area contributed by atoms with Gasteiger partial charge in [-0.05, 0) is 18.2 Å². The molecule has 0 fully saturated rings. The summed E-state index contributed by atoms with van der Waals surface area (Å²) in [6, 6.07) is 3.42. The fourth-order valence-electron chi connectivity index (χ4n) is 1.77. The molecule has 0 spiro atoms. The molecular weight excluding hydrogens is 351 g/mol. The molecule has 1 amide bonds. The van der Waals surface area contributed by atoms with E-state index in [2.05, 4.69) is 26.2 Å². The molecule has 0 radical (unpaired) electrons. The van der Waals surface area contributed by atoms with Crippen molar-refractivity contribution in [3.05, 3.63) is 52.0 Å². The third kappa shape index (κ3) is 3.63. The van der Waals surface area contributed by atoms with Gasteiger partial charge in [0.25, 0.3) is 5.91 Å². The van der Waals surface area contributed by atoms with Crippen molar-refractivity contribution in [2.45, 2.75) is 12.7 Å². The Morgan fingerprint density at radius 3 is 2.71 bits per heavy atom. The lowest BCUT2D eigenvalue weighted by Gasteiger charge is -2.13. The topological polar surface area (TPSA) is 46.9 Å². The van der Waals surface area contributed by atoms with E-state index in [1.54, 1.807) is 24.0 Å². The summed E-state index contributed by atoms with van der Waals surface area (Å²) in [5.74, 6) is -0.244. The lowest BCUT2D eigenvalue weighted by Crippen LogP contribution is -2.27. The van der Waals surface area contributed by atoms with Crippen LogP contribution in [0.5, 0.6) is 0 Å². The normalized spacial score (nSPS) is 11.5. The molecule has 0 aliphatic rings. The molecule has 0 saturated heterocycles. The second-order valence-corrected chi connectivity index (χ2v) is 5.24. The number of benzene rings is 1. The minimum absolute atomic E-state index is 0.0513. The molecule has 0 atom stereocenters. The maximum Gasteiger partial charge on any atom is 0.417 e. The Labute approximate surface area is 127 Å². The van der Waals surface area contributed by atoms with Crippen molar-refractivity contribution in [2.75, 3.05) is 0 Å². The first-order valence-corrected chi connectivity index (χ1v) is 6.69. The average molecular weight is 362 g/mol. The van der Waals surface area contributed by atoms with Crippen molar-refractivity contribution >= 4 is 21.8 Å². The number of nitrogens with zero attached hydrogens (tertiary/aromatic N) is 2. The standard InChI is InChI=1S/C13H11BrF3N3O/c1-20-5-4-18-11(20)7-19-12(21)9-3-2-8(14)6-10(9)13(15,16)17/h2-6H,7H2,1H3,(H,19,21). The van der Waals surface area contributed by atoms with Crippen molar-refractivity contribution in [2.24, 2.45) is 7.05 Å². The number of nitrogens with one attached hydrogen (secondary N) is 1. The number of amides is 1. The van der Waals surface area contributed by atoms with Gasteiger partial charge in [-0.2, -0.15) is 13.2 Å². The van der Waals surface area contributed by atoms with Gasteiger partial charge in [0.2, 0.25) is 0 Å². The van der Waals surface area contributed by atoms with Crippen LogP contribution in [0, 0.1) is 0 Å². The molecule has 112 valence electrons. The first kappa shape index (κ1) is 15.6. The Morgan fingerprint density at radius 1 is 1.43 bits per heavy atom. The Hall–Kier alpha value is -1.83. The predicted molar refractivity (Wildman–Crippen MR) is 73.5 cm³/mol. The van der Waals surface area contributed by atoms with Crippen LogP contribution in [0.25, 0.3) is 0 Å². The fourth-order valence-corrected chi connectivity index (χ4v) is 2.13. The van der Waals surface area contributed by atoms with E-state index in [1.807, 2.05) is 0 Å². The number of hydrogen-bond acceptors (Lipinski definition) is 2. The molecule has 0 aliphatic carbocycles. The summed E-state index contributed by atoms with van der Waals surface area (Å²) in [5, 5.41) is 2.44. The predicted octanol–water partition coefficient (Wildman–Crippen LogP) is 3.13. The summed E-state index contributed by atoms with van der Waals surface area (Å²) >= 11 is 2.97. The van der Waals surface area contributed by atoms with E-state index in [1.165, 1.54) is 6.07 Å². The highest BCUT2D eigenvalue weighted by molar-refractivity contribution is 9.10. The van der Waals surface area contributed by atoms with Gasteiger partial charge in [-0.15, -0.1) is 0 Å². The van der Waals surface area contributed by atoms with Crippen molar-refractivity contribution in [1.82, 2.24) is 14.9 Å². The highest BCUT2D eigenvalue weighted by Gasteiger charge is 2.35. The summed E-state index contributed by atoms with van der Waals surface area (Å²) < 4.78 is 40.8. The minimum atomic E-state index is -4.60. The number of hydrogen-bond donors (Lipinski definition) is 1. The SMILES string of the molecule is Cn1ccnc1CNC(=O)c1ccc(Br)cc1C(F)(F)F. The lowest BCUT2D eigenvalue weighted by molar-refractivity contribution is -0.138. The van der Waals surface area contributed by atoms with Crippen molar-refractivity contribution in [1.29, 1.82) is 0 Å². The number of carbonyl (C=O) groups is 1. The fraction of sp³-hybridized carbons (Fsp3) is 0.231. The van der Waals surface area contributed by atoms with E-state index in [4.69, 9.17) is 0 Å². The van der Waals surface area contributed by atoms with Crippen molar-refractivity contribution in [3.8, 4) is 0 Å². The number of rotatable bonds is 3. The molecule has 1 aromatic carbocycles. The number of imidazole rings is 1. The van der Waals surface area contributed by atoms with Gasteiger partial charge in [-0.1, -0.05) is 15.9 Å². The van der Waals surface area contributed by atoms with E-state index < -0.39 is 23.2 Å². The zero-order valence-electron chi connectivity index (χ0n) is 10.9. The quantitative estimate of drug-likeness (QED) is 0.912. The van der Waals surface area contributed by atoms with Crippen LogP contribution in [0.1, 0.15) is 21.7 Å². The van der Waals surface area contributed by atoms with Crippen LogP contribution in [0.3, 0.4) is 0 Å². The van der Waals surface area contributed by atoms with Crippen LogP contribution in [-0.2, 0) is 19.8 Å². The minimum Gasteiger partial charge on any atom is -0.345 e. The van der Waals surface area contributed by atoms with Crippen LogP contribution in [0.2, 0.25) is 0 Å². The maximum atomic E-state index is 12.9. The summed E-state index contributed by atoms with van der Waals surface area (Å²) in [4.78, 5) is 16.0. The van der Waals surface area contributed by atoms with Crippen molar-refractivity contribution < 1.29 is 18.0 Å². The molecule has 0 unspecified atom stereocenters. The third-order valence-corrected chi connectivity index (χ3v) is 3.35. The molecule has 0 bridgehead atoms. The molecule has 1 N–H and O–H groups in total. The van der Waals surface area contributed by atoms with Crippen LogP contribution in [-0.4, -0.2) is 15.5 Å². The highest BCUT2D eigenvalue weighted by atomic mass is 79.9. The number of alkyl halides is 3. The highest BCUT2D eigenvalue weighted by Crippen LogP contribution is 2.33. The number of carbonyl (C=O) groups excluding carboxylic acids is 1. The Kier molecular flexibility index (Phi) is 4.36. The molecular formula is C13H11BrF3N3O. The average Bonchev–Trinajstić information content (AvgIpc) is 2.80. The smallest absolute Gasteiger partial charge is 0.345 e. The van der Waals surface area contributed by atoms with Gasteiger partial charge < -0.3 is 9.88 Å². The van der Waals surface area contributed by atoms with Gasteiger partial charge in [-0.3, -0.25) is 4.79 Å². The van der Waals surface area contributed by atoms with Gasteiger partial charge in [0.05, 0.1) is 17.7 Å². The lowest BCUT2D eigenvalue weighted by atomic mass is 10.1. The zero-order valence-corrected chi connectivity index (χ0v) is 12.5. The van der Waals surface area contributed by atoms with E-state index in [9.17, 15) is 18.0 Å². The Balaban J connectivity index is 2.21. The number of aromatic nitrogens is 2. The molecule has 0 aliphatic heterocycles. The first-order valence-electron chi connectivity index (χ1n) is 5.90. The zero-order chi connectivity index (χ0) is 15.6. The molecule has 4 nitrogen and oxygen atoms in total.